The van der Waals surface area contributed by atoms with E-state index < -0.39 is 0 Å². The number of halogens is 1. The molecule has 1 aromatic carbocycles. The summed E-state index contributed by atoms with van der Waals surface area (Å²) < 4.78 is 13.8. The molecule has 1 heterocycles. The summed E-state index contributed by atoms with van der Waals surface area (Å²) in [5, 5.41) is 3.25. The molecule has 98 valence electrons. The Morgan fingerprint density at radius 2 is 2.05 bits per heavy atom. The lowest BCUT2D eigenvalue weighted by Crippen LogP contribution is -2.20. The van der Waals surface area contributed by atoms with E-state index in [-0.39, 0.29) is 11.9 Å². The molecule has 0 saturated heterocycles. The largest absolute Gasteiger partial charge is 0.313 e. The van der Waals surface area contributed by atoms with Crippen LogP contribution in [-0.2, 0) is 0 Å². The van der Waals surface area contributed by atoms with Crippen molar-refractivity contribution in [3.05, 3.63) is 65.7 Å². The van der Waals surface area contributed by atoms with Gasteiger partial charge in [0.05, 0.1) is 6.20 Å². The number of benzene rings is 1. The molecule has 1 aromatic heterocycles. The maximum atomic E-state index is 13.8. The van der Waals surface area contributed by atoms with E-state index in [0.717, 1.165) is 12.0 Å². The minimum atomic E-state index is -0.222. The molecule has 1 fully saturated rings. The van der Waals surface area contributed by atoms with Crippen LogP contribution < -0.4 is 5.32 Å². The molecule has 0 spiro atoms. The van der Waals surface area contributed by atoms with Crippen LogP contribution in [0.4, 0.5) is 4.39 Å². The molecule has 2 nitrogen and oxygen atoms in total. The van der Waals surface area contributed by atoms with Crippen LogP contribution in [0.5, 0.6) is 0 Å². The van der Waals surface area contributed by atoms with Crippen LogP contribution in [0.1, 0.15) is 29.5 Å². The predicted molar refractivity (Wildman–Crippen MR) is 73.3 cm³/mol. The highest BCUT2D eigenvalue weighted by Crippen LogP contribution is 2.54. The number of hydrogen-bond acceptors (Lipinski definition) is 2. The van der Waals surface area contributed by atoms with Crippen molar-refractivity contribution in [3.63, 3.8) is 0 Å². The van der Waals surface area contributed by atoms with Crippen LogP contribution in [0.15, 0.2) is 48.8 Å². The molecule has 1 N–H and O–H groups in total. The van der Waals surface area contributed by atoms with Gasteiger partial charge in [0.2, 0.25) is 0 Å². The highest BCUT2D eigenvalue weighted by atomic mass is 19.1. The molecule has 0 amide bonds. The van der Waals surface area contributed by atoms with E-state index in [2.05, 4.69) is 34.6 Å². The molecular weight excluding hydrogens is 239 g/mol. The quantitative estimate of drug-likeness (QED) is 0.908. The summed E-state index contributed by atoms with van der Waals surface area (Å²) in [4.78, 5) is 3.82. The molecule has 0 radical (unpaired) electrons. The number of hydrogen-bond donors (Lipinski definition) is 1. The third kappa shape index (κ3) is 2.38. The maximum Gasteiger partial charge on any atom is 0.146 e. The van der Waals surface area contributed by atoms with Crippen molar-refractivity contribution in [2.24, 2.45) is 5.92 Å². The van der Waals surface area contributed by atoms with Crippen LogP contribution in [0, 0.1) is 11.7 Å². The zero-order valence-corrected chi connectivity index (χ0v) is 10.9. The first-order chi connectivity index (χ1) is 9.31. The van der Waals surface area contributed by atoms with Gasteiger partial charge in [0.25, 0.3) is 0 Å². The van der Waals surface area contributed by atoms with E-state index in [4.69, 9.17) is 0 Å². The monoisotopic (exact) mass is 256 g/mol. The lowest BCUT2D eigenvalue weighted by atomic mass is 9.99. The Morgan fingerprint density at radius 3 is 2.74 bits per heavy atom. The summed E-state index contributed by atoms with van der Waals surface area (Å²) in [6.07, 6.45) is 4.06. The van der Waals surface area contributed by atoms with Gasteiger partial charge in [-0.2, -0.15) is 0 Å². The van der Waals surface area contributed by atoms with E-state index in [1.165, 1.54) is 11.8 Å². The molecule has 0 bridgehead atoms. The number of nitrogens with one attached hydrogen (secondary N) is 1. The zero-order valence-electron chi connectivity index (χ0n) is 10.9. The molecule has 3 rings (SSSR count). The summed E-state index contributed by atoms with van der Waals surface area (Å²) in [5.41, 5.74) is 2.07. The Labute approximate surface area is 112 Å². The van der Waals surface area contributed by atoms with E-state index in [9.17, 15) is 4.39 Å². The minimum absolute atomic E-state index is 0.0632. The van der Waals surface area contributed by atoms with Crippen molar-refractivity contribution in [2.45, 2.75) is 18.4 Å². The zero-order chi connectivity index (χ0) is 13.2. The van der Waals surface area contributed by atoms with E-state index in [1.54, 1.807) is 12.3 Å². The fraction of sp³-hybridized carbons (Fsp3) is 0.312. The highest BCUT2D eigenvalue weighted by molar-refractivity contribution is 5.30. The molecule has 3 heteroatoms. The van der Waals surface area contributed by atoms with Gasteiger partial charge in [0, 0.05) is 17.8 Å². The summed E-state index contributed by atoms with van der Waals surface area (Å²) in [6.45, 7) is 0. The normalized spacial score (nSPS) is 23.1. The molecule has 1 aliphatic carbocycles. The maximum absolute atomic E-state index is 13.8. The first-order valence-electron chi connectivity index (χ1n) is 6.63. The SMILES string of the molecule is CNC(c1ccncc1F)C1CC1c1ccccc1. The van der Waals surface area contributed by atoms with Gasteiger partial charge in [-0.15, -0.1) is 0 Å². The van der Waals surface area contributed by atoms with Gasteiger partial charge in [-0.1, -0.05) is 30.3 Å². The molecule has 3 unspecified atom stereocenters. The second-order valence-electron chi connectivity index (χ2n) is 5.08. The van der Waals surface area contributed by atoms with E-state index in [0.29, 0.717) is 11.8 Å². The van der Waals surface area contributed by atoms with Gasteiger partial charge in [-0.05, 0) is 36.9 Å². The fourth-order valence-electron chi connectivity index (χ4n) is 2.90. The standard InChI is InChI=1S/C16H17FN2/c1-18-16(12-7-8-19-10-15(12)17)14-9-13(14)11-5-3-2-4-6-11/h2-8,10,13-14,16,18H,9H2,1H3. The van der Waals surface area contributed by atoms with Crippen molar-refractivity contribution in [1.29, 1.82) is 0 Å². The molecule has 3 atom stereocenters. The first kappa shape index (κ1) is 12.3. The molecule has 1 saturated carbocycles. The Hall–Kier alpha value is -1.74. The fourth-order valence-corrected chi connectivity index (χ4v) is 2.90. The summed E-state index contributed by atoms with van der Waals surface area (Å²) in [5.74, 6) is 0.774. The number of pyridine rings is 1. The van der Waals surface area contributed by atoms with Gasteiger partial charge >= 0.3 is 0 Å². The van der Waals surface area contributed by atoms with Crippen molar-refractivity contribution in [3.8, 4) is 0 Å². The van der Waals surface area contributed by atoms with E-state index >= 15 is 0 Å². The lowest BCUT2D eigenvalue weighted by Gasteiger charge is -2.17. The van der Waals surface area contributed by atoms with Crippen LogP contribution in [0.3, 0.4) is 0 Å². The van der Waals surface area contributed by atoms with Crippen LogP contribution in [0.2, 0.25) is 0 Å². The van der Waals surface area contributed by atoms with Gasteiger partial charge in [-0.25, -0.2) is 4.39 Å². The average Bonchev–Trinajstić information content (AvgIpc) is 3.23. The second-order valence-corrected chi connectivity index (χ2v) is 5.08. The van der Waals surface area contributed by atoms with Gasteiger partial charge in [0.15, 0.2) is 0 Å². The van der Waals surface area contributed by atoms with Crippen molar-refractivity contribution >= 4 is 0 Å². The van der Waals surface area contributed by atoms with Crippen molar-refractivity contribution < 1.29 is 4.39 Å². The topological polar surface area (TPSA) is 24.9 Å². The summed E-state index contributed by atoms with van der Waals surface area (Å²) in [7, 11) is 1.89. The number of rotatable bonds is 4. The van der Waals surface area contributed by atoms with Crippen molar-refractivity contribution in [1.82, 2.24) is 10.3 Å². The lowest BCUT2D eigenvalue weighted by molar-refractivity contribution is 0.483. The minimum Gasteiger partial charge on any atom is -0.313 e. The molecule has 19 heavy (non-hydrogen) atoms. The van der Waals surface area contributed by atoms with Crippen LogP contribution in [-0.4, -0.2) is 12.0 Å². The molecular formula is C16H17FN2. The Kier molecular flexibility index (Phi) is 3.30. The second kappa shape index (κ2) is 5.10. The summed E-state index contributed by atoms with van der Waals surface area (Å²) in [6, 6.07) is 12.3. The summed E-state index contributed by atoms with van der Waals surface area (Å²) >= 11 is 0. The van der Waals surface area contributed by atoms with Gasteiger partial charge < -0.3 is 5.32 Å². The van der Waals surface area contributed by atoms with E-state index in [1.807, 2.05) is 13.1 Å². The van der Waals surface area contributed by atoms with Gasteiger partial charge in [-0.3, -0.25) is 4.98 Å². The molecule has 0 aliphatic heterocycles. The predicted octanol–water partition coefficient (Wildman–Crippen LogP) is 3.28. The number of aromatic nitrogens is 1. The average molecular weight is 256 g/mol. The van der Waals surface area contributed by atoms with Crippen LogP contribution in [0.25, 0.3) is 0 Å². The third-order valence-corrected chi connectivity index (χ3v) is 3.95. The Balaban J connectivity index is 1.81. The Morgan fingerprint density at radius 1 is 1.26 bits per heavy atom. The number of nitrogens with zero attached hydrogens (tertiary/aromatic N) is 1. The third-order valence-electron chi connectivity index (χ3n) is 3.95. The van der Waals surface area contributed by atoms with Crippen LogP contribution >= 0.6 is 0 Å². The molecule has 2 aromatic rings. The van der Waals surface area contributed by atoms with Crippen molar-refractivity contribution in [2.75, 3.05) is 7.05 Å². The van der Waals surface area contributed by atoms with Gasteiger partial charge in [0.1, 0.15) is 5.82 Å². The Bertz CT molecular complexity index is 556. The molecule has 1 aliphatic rings. The first-order valence-corrected chi connectivity index (χ1v) is 6.63. The smallest absolute Gasteiger partial charge is 0.146 e. The highest BCUT2D eigenvalue weighted by Gasteiger charge is 2.44.